The Morgan fingerprint density at radius 3 is 2.75 bits per heavy atom. The van der Waals surface area contributed by atoms with Crippen LogP contribution in [0.15, 0.2) is 47.6 Å². The Bertz CT molecular complexity index is 731. The van der Waals surface area contributed by atoms with E-state index in [-0.39, 0.29) is 12.3 Å². The largest absolute Gasteiger partial charge is 0.493 e. The number of methoxy groups -OCH3 is 1. The van der Waals surface area contributed by atoms with E-state index < -0.39 is 4.92 Å². The van der Waals surface area contributed by atoms with E-state index in [2.05, 4.69) is 5.16 Å². The zero-order chi connectivity index (χ0) is 17.4. The van der Waals surface area contributed by atoms with Gasteiger partial charge in [-0.2, -0.15) is 0 Å². The van der Waals surface area contributed by atoms with Gasteiger partial charge in [0.25, 0.3) is 5.69 Å². The third-order valence-electron chi connectivity index (χ3n) is 3.12. The van der Waals surface area contributed by atoms with Crippen LogP contribution in [0.3, 0.4) is 0 Å². The lowest BCUT2D eigenvalue weighted by Gasteiger charge is -2.09. The van der Waals surface area contributed by atoms with E-state index >= 15 is 0 Å². The van der Waals surface area contributed by atoms with Crippen molar-refractivity contribution in [1.82, 2.24) is 0 Å². The van der Waals surface area contributed by atoms with Crippen LogP contribution in [0.25, 0.3) is 0 Å². The number of hydrogen-bond donors (Lipinski definition) is 0. The minimum absolute atomic E-state index is 0.0244. The van der Waals surface area contributed by atoms with Gasteiger partial charge in [0.2, 0.25) is 0 Å². The highest BCUT2D eigenvalue weighted by Crippen LogP contribution is 2.27. The fraction of sp³-hybridized carbons (Fsp3) is 0.235. The summed E-state index contributed by atoms with van der Waals surface area (Å²) in [6.45, 7) is 2.60. The number of non-ortho nitro benzene ring substituents is 1. The standard InChI is InChI=1S/C17H18N2O5/c1-3-23-16-8-7-13(10-17(16)22-2)11-18-24-12-14-5-4-6-15(9-14)19(20)21/h4-11H,3,12H2,1-2H3/b18-11+. The first kappa shape index (κ1) is 17.3. The normalized spacial score (nSPS) is 10.6. The monoisotopic (exact) mass is 330 g/mol. The Morgan fingerprint density at radius 2 is 2.04 bits per heavy atom. The molecule has 0 amide bonds. The maximum atomic E-state index is 10.7. The molecule has 0 aromatic heterocycles. The minimum atomic E-state index is -0.445. The lowest BCUT2D eigenvalue weighted by atomic mass is 10.2. The Morgan fingerprint density at radius 1 is 1.21 bits per heavy atom. The molecule has 7 heteroatoms. The number of ether oxygens (including phenoxy) is 2. The van der Waals surface area contributed by atoms with Gasteiger partial charge in [-0.25, -0.2) is 0 Å². The Balaban J connectivity index is 1.97. The van der Waals surface area contributed by atoms with Crippen molar-refractivity contribution in [2.24, 2.45) is 5.16 Å². The first-order valence-electron chi connectivity index (χ1n) is 7.33. The molecule has 2 aromatic carbocycles. The van der Waals surface area contributed by atoms with Crippen molar-refractivity contribution in [2.45, 2.75) is 13.5 Å². The summed E-state index contributed by atoms with van der Waals surface area (Å²) in [4.78, 5) is 15.5. The predicted molar refractivity (Wildman–Crippen MR) is 89.6 cm³/mol. The van der Waals surface area contributed by atoms with E-state index in [0.29, 0.717) is 23.7 Å². The molecule has 0 atom stereocenters. The number of oxime groups is 1. The van der Waals surface area contributed by atoms with Gasteiger partial charge in [0, 0.05) is 17.7 Å². The van der Waals surface area contributed by atoms with Crippen LogP contribution < -0.4 is 9.47 Å². The van der Waals surface area contributed by atoms with Gasteiger partial charge in [-0.1, -0.05) is 17.3 Å². The summed E-state index contributed by atoms with van der Waals surface area (Å²) >= 11 is 0. The highest BCUT2D eigenvalue weighted by Gasteiger charge is 2.06. The van der Waals surface area contributed by atoms with Crippen molar-refractivity contribution in [3.8, 4) is 11.5 Å². The third-order valence-corrected chi connectivity index (χ3v) is 3.12. The minimum Gasteiger partial charge on any atom is -0.493 e. The van der Waals surface area contributed by atoms with Crippen molar-refractivity contribution >= 4 is 11.9 Å². The predicted octanol–water partition coefficient (Wildman–Crippen LogP) is 3.55. The number of rotatable bonds is 8. The van der Waals surface area contributed by atoms with Gasteiger partial charge in [0.1, 0.15) is 6.61 Å². The van der Waals surface area contributed by atoms with Crippen LogP contribution in [0.5, 0.6) is 11.5 Å². The number of nitrogens with zero attached hydrogens (tertiary/aromatic N) is 2. The van der Waals surface area contributed by atoms with Crippen molar-refractivity contribution < 1.29 is 19.2 Å². The summed E-state index contributed by atoms with van der Waals surface area (Å²) in [7, 11) is 1.57. The van der Waals surface area contributed by atoms with Crippen LogP contribution in [0.4, 0.5) is 5.69 Å². The second-order valence-corrected chi connectivity index (χ2v) is 4.78. The Kier molecular flexibility index (Phi) is 6.13. The molecular weight excluding hydrogens is 312 g/mol. The summed E-state index contributed by atoms with van der Waals surface area (Å²) in [6.07, 6.45) is 1.54. The summed E-state index contributed by atoms with van der Waals surface area (Å²) in [6, 6.07) is 11.6. The van der Waals surface area contributed by atoms with E-state index in [4.69, 9.17) is 14.3 Å². The maximum Gasteiger partial charge on any atom is 0.269 e. The van der Waals surface area contributed by atoms with E-state index in [1.165, 1.54) is 18.3 Å². The number of benzene rings is 2. The van der Waals surface area contributed by atoms with E-state index in [1.54, 1.807) is 31.4 Å². The molecule has 2 aromatic rings. The summed E-state index contributed by atoms with van der Waals surface area (Å²) in [5, 5.41) is 14.6. The smallest absolute Gasteiger partial charge is 0.269 e. The number of nitro groups is 1. The molecule has 24 heavy (non-hydrogen) atoms. The van der Waals surface area contributed by atoms with Crippen molar-refractivity contribution in [3.05, 3.63) is 63.7 Å². The molecule has 7 nitrogen and oxygen atoms in total. The fourth-order valence-electron chi connectivity index (χ4n) is 2.01. The van der Waals surface area contributed by atoms with Crippen LogP contribution in [0.2, 0.25) is 0 Å². The van der Waals surface area contributed by atoms with E-state index in [0.717, 1.165) is 5.56 Å². The quantitative estimate of drug-likeness (QED) is 0.420. The molecular formula is C17H18N2O5. The molecule has 0 saturated carbocycles. The van der Waals surface area contributed by atoms with Crippen LogP contribution in [0, 0.1) is 10.1 Å². The Hall–Kier alpha value is -3.09. The summed E-state index contributed by atoms with van der Waals surface area (Å²) < 4.78 is 10.7. The van der Waals surface area contributed by atoms with Gasteiger partial charge in [0.15, 0.2) is 11.5 Å². The van der Waals surface area contributed by atoms with Crippen molar-refractivity contribution in [3.63, 3.8) is 0 Å². The second kappa shape index (κ2) is 8.52. The third kappa shape index (κ3) is 4.70. The maximum absolute atomic E-state index is 10.7. The molecule has 0 bridgehead atoms. The van der Waals surface area contributed by atoms with E-state index in [1.807, 2.05) is 13.0 Å². The molecule has 0 radical (unpaired) electrons. The molecule has 0 fully saturated rings. The topological polar surface area (TPSA) is 83.2 Å². The van der Waals surface area contributed by atoms with Crippen LogP contribution in [-0.2, 0) is 11.4 Å². The van der Waals surface area contributed by atoms with Gasteiger partial charge in [-0.05, 0) is 30.7 Å². The average Bonchev–Trinajstić information content (AvgIpc) is 2.60. The average molecular weight is 330 g/mol. The molecule has 2 rings (SSSR count). The summed E-state index contributed by atoms with van der Waals surface area (Å²) in [5.74, 6) is 1.27. The van der Waals surface area contributed by atoms with Crippen LogP contribution in [-0.4, -0.2) is 24.9 Å². The molecule has 0 aliphatic heterocycles. The van der Waals surface area contributed by atoms with Crippen LogP contribution >= 0.6 is 0 Å². The van der Waals surface area contributed by atoms with Crippen molar-refractivity contribution in [1.29, 1.82) is 0 Å². The molecule has 0 unspecified atom stereocenters. The molecule has 0 heterocycles. The highest BCUT2D eigenvalue weighted by atomic mass is 16.6. The highest BCUT2D eigenvalue weighted by molar-refractivity contribution is 5.80. The molecule has 0 N–H and O–H groups in total. The zero-order valence-electron chi connectivity index (χ0n) is 13.5. The number of nitro benzene ring substituents is 1. The number of hydrogen-bond acceptors (Lipinski definition) is 6. The summed E-state index contributed by atoms with van der Waals surface area (Å²) in [5.41, 5.74) is 1.48. The second-order valence-electron chi connectivity index (χ2n) is 4.78. The molecule has 126 valence electrons. The van der Waals surface area contributed by atoms with Gasteiger partial charge < -0.3 is 14.3 Å². The molecule has 0 aliphatic carbocycles. The van der Waals surface area contributed by atoms with Gasteiger partial charge in [-0.15, -0.1) is 0 Å². The van der Waals surface area contributed by atoms with E-state index in [9.17, 15) is 10.1 Å². The molecule has 0 aliphatic rings. The lowest BCUT2D eigenvalue weighted by molar-refractivity contribution is -0.384. The van der Waals surface area contributed by atoms with Crippen LogP contribution in [0.1, 0.15) is 18.1 Å². The lowest BCUT2D eigenvalue weighted by Crippen LogP contribution is -1.96. The zero-order valence-corrected chi connectivity index (χ0v) is 13.5. The van der Waals surface area contributed by atoms with Crippen molar-refractivity contribution in [2.75, 3.05) is 13.7 Å². The molecule has 0 spiro atoms. The first-order valence-corrected chi connectivity index (χ1v) is 7.33. The van der Waals surface area contributed by atoms with Gasteiger partial charge in [0.05, 0.1) is 24.9 Å². The molecule has 0 saturated heterocycles. The first-order chi connectivity index (χ1) is 11.6. The van der Waals surface area contributed by atoms with Gasteiger partial charge >= 0.3 is 0 Å². The SMILES string of the molecule is CCOc1ccc(/C=N/OCc2cccc([N+](=O)[O-])c2)cc1OC. The Labute approximate surface area is 139 Å². The van der Waals surface area contributed by atoms with Gasteiger partial charge in [-0.3, -0.25) is 10.1 Å². The fourth-order valence-corrected chi connectivity index (χ4v) is 2.01.